The van der Waals surface area contributed by atoms with Crippen LogP contribution in [0, 0.1) is 31.0 Å². The smallest absolute Gasteiger partial charge is 0.266 e. The van der Waals surface area contributed by atoms with Gasteiger partial charge in [0, 0.05) is 11.4 Å². The first-order valence-corrected chi connectivity index (χ1v) is 10.7. The quantitative estimate of drug-likeness (QED) is 0.354. The number of nitrogens with one attached hydrogen (secondary N) is 2. The third-order valence-electron chi connectivity index (χ3n) is 5.20. The van der Waals surface area contributed by atoms with Crippen LogP contribution in [0.5, 0.6) is 11.5 Å². The van der Waals surface area contributed by atoms with E-state index in [0.29, 0.717) is 28.4 Å². The Morgan fingerprint density at radius 2 is 1.77 bits per heavy atom. The molecule has 0 saturated carbocycles. The molecule has 0 aliphatic heterocycles. The van der Waals surface area contributed by atoms with Crippen molar-refractivity contribution >= 4 is 29.3 Å². The molecule has 2 amide bonds. The molecule has 0 spiro atoms. The lowest BCUT2D eigenvalue weighted by Gasteiger charge is -2.12. The highest BCUT2D eigenvalue weighted by molar-refractivity contribution is 6.10. The van der Waals surface area contributed by atoms with E-state index in [4.69, 9.17) is 9.47 Å². The first kappa shape index (κ1) is 25.0. The normalized spacial score (nSPS) is 10.8. The molecule has 2 N–H and O–H groups in total. The maximum atomic E-state index is 13.0. The number of carbonyl (C=O) groups is 2. The van der Waals surface area contributed by atoms with Crippen LogP contribution in [0.3, 0.4) is 0 Å². The molecule has 178 valence electrons. The highest BCUT2D eigenvalue weighted by atomic mass is 19.1. The molecule has 3 aromatic carbocycles. The fraction of sp³-hybridized carbons (Fsp3) is 0.148. The molecule has 7 nitrogen and oxygen atoms in total. The third-order valence-corrected chi connectivity index (χ3v) is 5.20. The number of carbonyl (C=O) groups excluding carboxylic acids is 2. The summed E-state index contributed by atoms with van der Waals surface area (Å²) in [5, 5.41) is 14.9. The molecule has 3 aromatic rings. The first-order chi connectivity index (χ1) is 16.8. The highest BCUT2D eigenvalue weighted by Crippen LogP contribution is 2.29. The number of nitriles is 1. The number of hydrogen-bond donors (Lipinski definition) is 2. The van der Waals surface area contributed by atoms with E-state index in [9.17, 15) is 19.2 Å². The van der Waals surface area contributed by atoms with Gasteiger partial charge in [-0.25, -0.2) is 4.39 Å². The topological polar surface area (TPSA) is 100 Å². The van der Waals surface area contributed by atoms with Gasteiger partial charge in [0.2, 0.25) is 0 Å². The first-order valence-electron chi connectivity index (χ1n) is 10.7. The van der Waals surface area contributed by atoms with Gasteiger partial charge in [-0.05, 0) is 79.1 Å². The Kier molecular flexibility index (Phi) is 8.20. The summed E-state index contributed by atoms with van der Waals surface area (Å²) >= 11 is 0. The Morgan fingerprint density at radius 1 is 1.03 bits per heavy atom. The van der Waals surface area contributed by atoms with Crippen molar-refractivity contribution in [3.05, 3.63) is 88.7 Å². The second kappa shape index (κ2) is 11.5. The van der Waals surface area contributed by atoms with Crippen molar-refractivity contribution in [3.63, 3.8) is 0 Å². The maximum absolute atomic E-state index is 13.0. The molecule has 35 heavy (non-hydrogen) atoms. The lowest BCUT2D eigenvalue weighted by molar-refractivity contribution is -0.118. The van der Waals surface area contributed by atoms with Gasteiger partial charge >= 0.3 is 0 Å². The van der Waals surface area contributed by atoms with Gasteiger partial charge in [0.05, 0.1) is 7.11 Å². The fourth-order valence-electron chi connectivity index (χ4n) is 3.16. The molecule has 0 saturated heterocycles. The van der Waals surface area contributed by atoms with Gasteiger partial charge in [0.15, 0.2) is 18.1 Å². The fourth-order valence-corrected chi connectivity index (χ4v) is 3.16. The van der Waals surface area contributed by atoms with Gasteiger partial charge in [0.1, 0.15) is 17.5 Å². The van der Waals surface area contributed by atoms with Crippen LogP contribution in [0.15, 0.2) is 66.2 Å². The van der Waals surface area contributed by atoms with Crippen LogP contribution in [0.2, 0.25) is 0 Å². The molecular formula is C27H24FN3O4. The number of hydrogen-bond acceptors (Lipinski definition) is 5. The van der Waals surface area contributed by atoms with Gasteiger partial charge in [-0.3, -0.25) is 9.59 Å². The second-order valence-electron chi connectivity index (χ2n) is 7.63. The lowest BCUT2D eigenvalue weighted by atomic mass is 10.1. The van der Waals surface area contributed by atoms with Gasteiger partial charge in [-0.2, -0.15) is 5.26 Å². The minimum Gasteiger partial charge on any atom is -0.493 e. The highest BCUT2D eigenvalue weighted by Gasteiger charge is 2.13. The van der Waals surface area contributed by atoms with Crippen LogP contribution in [-0.4, -0.2) is 25.5 Å². The Morgan fingerprint density at radius 3 is 2.46 bits per heavy atom. The van der Waals surface area contributed by atoms with Crippen molar-refractivity contribution in [1.82, 2.24) is 0 Å². The van der Waals surface area contributed by atoms with E-state index < -0.39 is 17.6 Å². The zero-order valence-electron chi connectivity index (χ0n) is 19.5. The second-order valence-corrected chi connectivity index (χ2v) is 7.63. The van der Waals surface area contributed by atoms with E-state index in [1.807, 2.05) is 32.0 Å². The summed E-state index contributed by atoms with van der Waals surface area (Å²) in [5.74, 6) is -0.742. The average molecular weight is 474 g/mol. The molecule has 0 aliphatic rings. The molecule has 0 fully saturated rings. The summed E-state index contributed by atoms with van der Waals surface area (Å²) in [6, 6.07) is 17.6. The Labute approximate surface area is 202 Å². The molecule has 0 aliphatic carbocycles. The summed E-state index contributed by atoms with van der Waals surface area (Å²) in [7, 11) is 1.44. The van der Waals surface area contributed by atoms with E-state index in [0.717, 1.165) is 11.1 Å². The van der Waals surface area contributed by atoms with E-state index in [1.165, 1.54) is 37.5 Å². The van der Waals surface area contributed by atoms with Crippen molar-refractivity contribution in [2.75, 3.05) is 24.4 Å². The molecule has 0 heterocycles. The third kappa shape index (κ3) is 6.68. The van der Waals surface area contributed by atoms with Crippen LogP contribution in [-0.2, 0) is 9.59 Å². The number of anilines is 2. The minimum absolute atomic E-state index is 0.0831. The SMILES string of the molecule is COc1cc(C=C(C#N)C(=O)Nc2cccc(C)c2C)ccc1OCC(=O)Nc1ccc(F)cc1. The standard InChI is InChI=1S/C27H24FN3O4/c1-17-5-4-6-23(18(17)2)31-27(33)20(15-29)13-19-7-12-24(25(14-19)34-3)35-16-26(32)30-22-10-8-21(28)9-11-22/h4-14H,16H2,1-3H3,(H,30,32)(H,31,33). The van der Waals surface area contributed by atoms with E-state index in [1.54, 1.807) is 24.3 Å². The zero-order valence-corrected chi connectivity index (χ0v) is 19.5. The van der Waals surface area contributed by atoms with Crippen molar-refractivity contribution in [1.29, 1.82) is 5.26 Å². The van der Waals surface area contributed by atoms with Crippen LogP contribution in [0.1, 0.15) is 16.7 Å². The summed E-state index contributed by atoms with van der Waals surface area (Å²) in [6.07, 6.45) is 1.44. The molecule has 8 heteroatoms. The van der Waals surface area contributed by atoms with Crippen molar-refractivity contribution in [2.24, 2.45) is 0 Å². The lowest BCUT2D eigenvalue weighted by Crippen LogP contribution is -2.20. The van der Waals surface area contributed by atoms with E-state index in [-0.39, 0.29) is 12.2 Å². The van der Waals surface area contributed by atoms with Gasteiger partial charge in [-0.15, -0.1) is 0 Å². The minimum atomic E-state index is -0.530. The number of aryl methyl sites for hydroxylation is 1. The van der Waals surface area contributed by atoms with Crippen LogP contribution in [0.25, 0.3) is 6.08 Å². The molecule has 0 bridgehead atoms. The van der Waals surface area contributed by atoms with Crippen LogP contribution >= 0.6 is 0 Å². The largest absolute Gasteiger partial charge is 0.493 e. The van der Waals surface area contributed by atoms with Gasteiger partial charge < -0.3 is 20.1 Å². The Bertz CT molecular complexity index is 1310. The van der Waals surface area contributed by atoms with Crippen LogP contribution < -0.4 is 20.1 Å². The number of halogens is 1. The number of amides is 2. The van der Waals surface area contributed by atoms with E-state index >= 15 is 0 Å². The van der Waals surface area contributed by atoms with Crippen LogP contribution in [0.4, 0.5) is 15.8 Å². The summed E-state index contributed by atoms with van der Waals surface area (Å²) in [5.41, 5.74) is 3.48. The monoisotopic (exact) mass is 473 g/mol. The summed E-state index contributed by atoms with van der Waals surface area (Å²) in [4.78, 5) is 24.8. The predicted octanol–water partition coefficient (Wildman–Crippen LogP) is 5.01. The summed E-state index contributed by atoms with van der Waals surface area (Å²) < 4.78 is 23.9. The Balaban J connectivity index is 1.69. The van der Waals surface area contributed by atoms with Gasteiger partial charge in [0.25, 0.3) is 11.8 Å². The maximum Gasteiger partial charge on any atom is 0.266 e. The molecular weight excluding hydrogens is 449 g/mol. The molecule has 3 rings (SSSR count). The van der Waals surface area contributed by atoms with Crippen molar-refractivity contribution in [3.8, 4) is 17.6 Å². The Hall–Kier alpha value is -4.64. The van der Waals surface area contributed by atoms with Gasteiger partial charge in [-0.1, -0.05) is 18.2 Å². The van der Waals surface area contributed by atoms with E-state index in [2.05, 4.69) is 10.6 Å². The number of ether oxygens (including phenoxy) is 2. The molecule has 0 unspecified atom stereocenters. The molecule has 0 aromatic heterocycles. The number of rotatable bonds is 8. The molecule has 0 atom stereocenters. The zero-order chi connectivity index (χ0) is 25.4. The number of nitrogens with zero attached hydrogens (tertiary/aromatic N) is 1. The van der Waals surface area contributed by atoms with Crippen molar-refractivity contribution in [2.45, 2.75) is 13.8 Å². The van der Waals surface area contributed by atoms with Crippen molar-refractivity contribution < 1.29 is 23.5 Å². The number of methoxy groups -OCH3 is 1. The average Bonchev–Trinajstić information content (AvgIpc) is 2.85. The summed E-state index contributed by atoms with van der Waals surface area (Å²) in [6.45, 7) is 3.53. The number of benzene rings is 3. The molecule has 0 radical (unpaired) electrons. The predicted molar refractivity (Wildman–Crippen MR) is 132 cm³/mol.